The van der Waals surface area contributed by atoms with Gasteiger partial charge in [0, 0.05) is 6.42 Å². The first kappa shape index (κ1) is 7.23. The van der Waals surface area contributed by atoms with Gasteiger partial charge in [0.05, 0.1) is 0 Å². The molecule has 0 spiro atoms. The third-order valence-electron chi connectivity index (χ3n) is 0.755. The smallest absolute Gasteiger partial charge is 0.205 e. The molecule has 0 aromatic carbocycles. The summed E-state index contributed by atoms with van der Waals surface area (Å²) in [4.78, 5) is 10.4. The molecule has 0 saturated heterocycles. The summed E-state index contributed by atoms with van der Waals surface area (Å²) < 4.78 is 0. The van der Waals surface area contributed by atoms with Gasteiger partial charge in [0.1, 0.15) is 0 Å². The zero-order valence-electron chi connectivity index (χ0n) is 5.27. The lowest BCUT2D eigenvalue weighted by Crippen LogP contribution is -1.97. The van der Waals surface area contributed by atoms with Crippen LogP contribution in [0.15, 0.2) is 0 Å². The van der Waals surface area contributed by atoms with Crippen LogP contribution >= 0.6 is 0 Å². The molecule has 0 aromatic rings. The fraction of sp³-hybridized carbons (Fsp3) is 0.571. The first-order valence-electron chi connectivity index (χ1n) is 2.66. The molecule has 0 atom stereocenters. The number of ketones is 1. The van der Waals surface area contributed by atoms with Gasteiger partial charge in [-0.25, -0.2) is 0 Å². The molecule has 8 heavy (non-hydrogen) atoms. The van der Waals surface area contributed by atoms with Crippen molar-refractivity contribution < 1.29 is 4.79 Å². The van der Waals surface area contributed by atoms with E-state index < -0.39 is 0 Å². The van der Waals surface area contributed by atoms with Crippen molar-refractivity contribution in [1.29, 1.82) is 0 Å². The summed E-state index contributed by atoms with van der Waals surface area (Å²) >= 11 is 0. The van der Waals surface area contributed by atoms with Gasteiger partial charge in [-0.05, 0) is 11.8 Å². The van der Waals surface area contributed by atoms with Crippen molar-refractivity contribution in [3.8, 4) is 12.3 Å². The maximum atomic E-state index is 10.4. The van der Waals surface area contributed by atoms with Gasteiger partial charge in [-0.3, -0.25) is 4.79 Å². The summed E-state index contributed by atoms with van der Waals surface area (Å²) in [6, 6.07) is 0. The van der Waals surface area contributed by atoms with Crippen molar-refractivity contribution in [2.24, 2.45) is 5.92 Å². The van der Waals surface area contributed by atoms with Crippen LogP contribution in [0.4, 0.5) is 0 Å². The molecule has 0 heterocycles. The van der Waals surface area contributed by atoms with Crippen LogP contribution in [0.2, 0.25) is 0 Å². The summed E-state index contributed by atoms with van der Waals surface area (Å²) in [6.45, 7) is 3.94. The van der Waals surface area contributed by atoms with Crippen LogP contribution in [-0.2, 0) is 4.79 Å². The standard InChI is InChI=1S/C7H10O/c1-4-7(8)5-6(2)3/h1,6H,5H2,2-3H3. The largest absolute Gasteiger partial charge is 0.285 e. The number of terminal acetylenes is 1. The topological polar surface area (TPSA) is 17.1 Å². The highest BCUT2D eigenvalue weighted by Gasteiger charge is 1.98. The molecule has 0 rings (SSSR count). The number of carbonyl (C=O) groups excluding carboxylic acids is 1. The van der Waals surface area contributed by atoms with Gasteiger partial charge in [0.15, 0.2) is 0 Å². The molecule has 0 unspecified atom stereocenters. The second kappa shape index (κ2) is 3.26. The molecule has 0 bridgehead atoms. The third kappa shape index (κ3) is 3.42. The fourth-order valence-corrected chi connectivity index (χ4v) is 0.430. The molecule has 1 heteroatoms. The lowest BCUT2D eigenvalue weighted by molar-refractivity contribution is -0.114. The molecule has 0 aliphatic heterocycles. The van der Waals surface area contributed by atoms with Crippen molar-refractivity contribution in [2.75, 3.05) is 0 Å². The molecule has 0 radical (unpaired) electrons. The Labute approximate surface area is 50.1 Å². The van der Waals surface area contributed by atoms with Crippen molar-refractivity contribution in [3.05, 3.63) is 0 Å². The molecule has 0 N–H and O–H groups in total. The Bertz CT molecular complexity index is 117. The Hall–Kier alpha value is -0.770. The first-order chi connectivity index (χ1) is 3.66. The third-order valence-corrected chi connectivity index (χ3v) is 0.755. The van der Waals surface area contributed by atoms with Crippen LogP contribution in [0.5, 0.6) is 0 Å². The zero-order valence-corrected chi connectivity index (χ0v) is 5.27. The van der Waals surface area contributed by atoms with Crippen LogP contribution < -0.4 is 0 Å². The predicted octanol–water partition coefficient (Wildman–Crippen LogP) is 1.23. The van der Waals surface area contributed by atoms with Crippen LogP contribution in [-0.4, -0.2) is 5.78 Å². The monoisotopic (exact) mass is 110 g/mol. The summed E-state index contributed by atoms with van der Waals surface area (Å²) in [7, 11) is 0. The van der Waals surface area contributed by atoms with E-state index in [9.17, 15) is 4.79 Å². The molecule has 0 aliphatic rings. The predicted molar refractivity (Wildman–Crippen MR) is 33.3 cm³/mol. The number of rotatable bonds is 2. The minimum atomic E-state index is -0.0972. The molecule has 44 valence electrons. The van der Waals surface area contributed by atoms with Crippen LogP contribution in [0, 0.1) is 18.3 Å². The summed E-state index contributed by atoms with van der Waals surface area (Å²) in [5.74, 6) is 2.35. The second-order valence-corrected chi connectivity index (χ2v) is 2.17. The van der Waals surface area contributed by atoms with E-state index >= 15 is 0 Å². The number of carbonyl (C=O) groups is 1. The minimum absolute atomic E-state index is 0.0972. The average molecular weight is 110 g/mol. The van der Waals surface area contributed by atoms with Crippen molar-refractivity contribution in [1.82, 2.24) is 0 Å². The Morgan fingerprint density at radius 1 is 1.75 bits per heavy atom. The highest BCUT2D eigenvalue weighted by atomic mass is 16.1. The minimum Gasteiger partial charge on any atom is -0.285 e. The Balaban J connectivity index is 3.44. The molecule has 0 fully saturated rings. The highest BCUT2D eigenvalue weighted by Crippen LogP contribution is 1.97. The maximum Gasteiger partial charge on any atom is 0.205 e. The van der Waals surface area contributed by atoms with E-state index in [-0.39, 0.29) is 5.78 Å². The Morgan fingerprint density at radius 3 is 2.38 bits per heavy atom. The van der Waals surface area contributed by atoms with E-state index in [4.69, 9.17) is 6.42 Å². The summed E-state index contributed by atoms with van der Waals surface area (Å²) in [6.07, 6.45) is 5.33. The van der Waals surface area contributed by atoms with Crippen molar-refractivity contribution >= 4 is 5.78 Å². The van der Waals surface area contributed by atoms with E-state index in [0.717, 1.165) is 0 Å². The highest BCUT2D eigenvalue weighted by molar-refractivity contribution is 5.94. The van der Waals surface area contributed by atoms with Gasteiger partial charge in [0.25, 0.3) is 0 Å². The number of Topliss-reactive ketones (excluding diaryl/α,β-unsaturated/α-hetero) is 1. The molecular formula is C7H10O. The summed E-state index contributed by atoms with van der Waals surface area (Å²) in [5, 5.41) is 0. The van der Waals surface area contributed by atoms with E-state index in [1.165, 1.54) is 0 Å². The van der Waals surface area contributed by atoms with Gasteiger partial charge >= 0.3 is 0 Å². The molecular weight excluding hydrogens is 100 g/mol. The Morgan fingerprint density at radius 2 is 2.25 bits per heavy atom. The maximum absolute atomic E-state index is 10.4. The zero-order chi connectivity index (χ0) is 6.57. The lowest BCUT2D eigenvalue weighted by atomic mass is 10.1. The van der Waals surface area contributed by atoms with E-state index in [0.29, 0.717) is 12.3 Å². The van der Waals surface area contributed by atoms with Crippen LogP contribution in [0.3, 0.4) is 0 Å². The molecule has 0 aromatic heterocycles. The van der Waals surface area contributed by atoms with Gasteiger partial charge in [-0.1, -0.05) is 13.8 Å². The van der Waals surface area contributed by atoms with Crippen molar-refractivity contribution in [3.63, 3.8) is 0 Å². The van der Waals surface area contributed by atoms with Crippen LogP contribution in [0.25, 0.3) is 0 Å². The lowest BCUT2D eigenvalue weighted by Gasteiger charge is -1.95. The first-order valence-corrected chi connectivity index (χ1v) is 2.66. The average Bonchev–Trinajstić information content (AvgIpc) is 1.65. The second-order valence-electron chi connectivity index (χ2n) is 2.17. The van der Waals surface area contributed by atoms with E-state index in [1.807, 2.05) is 13.8 Å². The van der Waals surface area contributed by atoms with Gasteiger partial charge in [-0.2, -0.15) is 0 Å². The van der Waals surface area contributed by atoms with Gasteiger partial charge in [-0.15, -0.1) is 6.42 Å². The quantitative estimate of drug-likeness (QED) is 0.386. The molecule has 0 saturated carbocycles. The van der Waals surface area contributed by atoms with E-state index in [2.05, 4.69) is 5.92 Å². The Kier molecular flexibility index (Phi) is 2.95. The fourth-order valence-electron chi connectivity index (χ4n) is 0.430. The molecule has 0 amide bonds. The van der Waals surface area contributed by atoms with Gasteiger partial charge < -0.3 is 0 Å². The van der Waals surface area contributed by atoms with Gasteiger partial charge in [0.2, 0.25) is 5.78 Å². The van der Waals surface area contributed by atoms with Crippen LogP contribution in [0.1, 0.15) is 20.3 Å². The van der Waals surface area contributed by atoms with E-state index in [1.54, 1.807) is 0 Å². The van der Waals surface area contributed by atoms with Crippen molar-refractivity contribution in [2.45, 2.75) is 20.3 Å². The SMILES string of the molecule is C#CC(=O)CC(C)C. The molecule has 1 nitrogen and oxygen atoms in total. The number of hydrogen-bond donors (Lipinski definition) is 0. The summed E-state index contributed by atoms with van der Waals surface area (Å²) in [5.41, 5.74) is 0. The number of hydrogen-bond acceptors (Lipinski definition) is 1. The molecule has 0 aliphatic carbocycles. The normalized spacial score (nSPS) is 8.75.